The van der Waals surface area contributed by atoms with Gasteiger partial charge < -0.3 is 16.4 Å². The van der Waals surface area contributed by atoms with Crippen molar-refractivity contribution in [1.82, 2.24) is 10.6 Å². The first kappa shape index (κ1) is 20.2. The van der Waals surface area contributed by atoms with Crippen molar-refractivity contribution in [3.63, 3.8) is 0 Å². The second kappa shape index (κ2) is 7.85. The van der Waals surface area contributed by atoms with E-state index >= 15 is 0 Å². The summed E-state index contributed by atoms with van der Waals surface area (Å²) < 4.78 is 38.5. The van der Waals surface area contributed by atoms with Crippen LogP contribution >= 0.6 is 12.4 Å². The minimum atomic E-state index is -4.43. The predicted octanol–water partition coefficient (Wildman–Crippen LogP) is 1.70. The van der Waals surface area contributed by atoms with E-state index in [0.29, 0.717) is 18.4 Å². The Balaban J connectivity index is 0.00000288. The summed E-state index contributed by atoms with van der Waals surface area (Å²) in [5.41, 5.74) is 4.01. The molecular weight excluding hydrogens is 347 g/mol. The first-order valence-electron chi connectivity index (χ1n) is 7.22. The molecule has 1 aromatic rings. The Morgan fingerprint density at radius 2 is 1.88 bits per heavy atom. The van der Waals surface area contributed by atoms with Gasteiger partial charge in [-0.1, -0.05) is 12.1 Å². The van der Waals surface area contributed by atoms with Crippen molar-refractivity contribution in [2.75, 3.05) is 13.1 Å². The van der Waals surface area contributed by atoms with Crippen LogP contribution in [0.5, 0.6) is 0 Å². The number of nitrogens with one attached hydrogen (secondary N) is 2. The number of carbonyl (C=O) groups is 2. The molecule has 0 unspecified atom stereocenters. The highest BCUT2D eigenvalue weighted by atomic mass is 35.5. The van der Waals surface area contributed by atoms with Gasteiger partial charge in [0.15, 0.2) is 0 Å². The van der Waals surface area contributed by atoms with E-state index in [-0.39, 0.29) is 25.5 Å². The van der Waals surface area contributed by atoms with Crippen molar-refractivity contribution in [3.8, 4) is 0 Å². The van der Waals surface area contributed by atoms with Crippen molar-refractivity contribution >= 4 is 24.2 Å². The zero-order valence-corrected chi connectivity index (χ0v) is 13.6. The smallest absolute Gasteiger partial charge is 0.346 e. The monoisotopic (exact) mass is 365 g/mol. The van der Waals surface area contributed by atoms with Crippen LogP contribution in [-0.4, -0.2) is 24.9 Å². The molecule has 5 nitrogen and oxygen atoms in total. The third-order valence-electron chi connectivity index (χ3n) is 3.96. The van der Waals surface area contributed by atoms with Gasteiger partial charge >= 0.3 is 6.18 Å². The lowest BCUT2D eigenvalue weighted by atomic mass is 9.71. The lowest BCUT2D eigenvalue weighted by Crippen LogP contribution is -2.53. The lowest BCUT2D eigenvalue weighted by Gasteiger charge is -2.43. The number of amides is 2. The van der Waals surface area contributed by atoms with Gasteiger partial charge in [-0.3, -0.25) is 9.59 Å². The lowest BCUT2D eigenvalue weighted by molar-refractivity contribution is -0.137. The molecule has 9 heteroatoms. The topological polar surface area (TPSA) is 84.2 Å². The van der Waals surface area contributed by atoms with Gasteiger partial charge in [-0.05, 0) is 37.0 Å². The van der Waals surface area contributed by atoms with Gasteiger partial charge in [0.05, 0.1) is 24.2 Å². The molecule has 2 amide bonds. The number of benzene rings is 1. The molecule has 0 aromatic heterocycles. The van der Waals surface area contributed by atoms with Gasteiger partial charge in [0, 0.05) is 0 Å². The second-order valence-corrected chi connectivity index (χ2v) is 5.54. The maximum Gasteiger partial charge on any atom is 0.416 e. The molecule has 1 aliphatic carbocycles. The molecule has 0 bridgehead atoms. The molecule has 0 aliphatic heterocycles. The standard InChI is InChI=1S/C15H18F3N3O2.ClH/c16-15(17,18)11-4-1-3-10(7-11)14(5-2-6-14)21-13(23)9-20-12(22)8-19;/h1,3-4,7H,2,5-6,8-9,19H2,(H,20,22)(H,21,23);1H. The Hall–Kier alpha value is -1.80. The first-order valence-corrected chi connectivity index (χ1v) is 7.22. The molecule has 2 rings (SSSR count). The summed E-state index contributed by atoms with van der Waals surface area (Å²) in [4.78, 5) is 23.0. The molecule has 0 atom stereocenters. The van der Waals surface area contributed by atoms with Crippen LogP contribution in [0.1, 0.15) is 30.4 Å². The van der Waals surface area contributed by atoms with Gasteiger partial charge in [-0.15, -0.1) is 12.4 Å². The summed E-state index contributed by atoms with van der Waals surface area (Å²) in [6, 6.07) is 4.98. The fourth-order valence-corrected chi connectivity index (χ4v) is 2.57. The highest BCUT2D eigenvalue weighted by Crippen LogP contribution is 2.42. The van der Waals surface area contributed by atoms with E-state index in [1.54, 1.807) is 6.07 Å². The molecule has 134 valence electrons. The molecule has 1 saturated carbocycles. The van der Waals surface area contributed by atoms with Crippen LogP contribution in [-0.2, 0) is 21.3 Å². The van der Waals surface area contributed by atoms with Crippen molar-refractivity contribution in [2.45, 2.75) is 31.0 Å². The molecule has 4 N–H and O–H groups in total. The number of nitrogens with two attached hydrogens (primary N) is 1. The average molecular weight is 366 g/mol. The fourth-order valence-electron chi connectivity index (χ4n) is 2.57. The number of rotatable bonds is 5. The molecule has 24 heavy (non-hydrogen) atoms. The highest BCUT2D eigenvalue weighted by Gasteiger charge is 2.41. The Morgan fingerprint density at radius 1 is 1.21 bits per heavy atom. The summed E-state index contributed by atoms with van der Waals surface area (Å²) in [6.07, 6.45) is -2.50. The van der Waals surface area contributed by atoms with Crippen LogP contribution in [0, 0.1) is 0 Å². The number of carbonyl (C=O) groups excluding carboxylic acids is 2. The molecule has 1 fully saturated rings. The Bertz CT molecular complexity index is 604. The summed E-state index contributed by atoms with van der Waals surface area (Å²) in [5, 5.41) is 5.08. The van der Waals surface area contributed by atoms with Crippen LogP contribution in [0.25, 0.3) is 0 Å². The molecule has 0 radical (unpaired) electrons. The fraction of sp³-hybridized carbons (Fsp3) is 0.467. The van der Waals surface area contributed by atoms with E-state index in [4.69, 9.17) is 5.73 Å². The predicted molar refractivity (Wildman–Crippen MR) is 84.4 cm³/mol. The highest BCUT2D eigenvalue weighted by molar-refractivity contribution is 5.86. The first-order chi connectivity index (χ1) is 10.8. The number of hydrogen-bond acceptors (Lipinski definition) is 3. The Labute approximate surface area is 143 Å². The Morgan fingerprint density at radius 3 is 2.38 bits per heavy atom. The van der Waals surface area contributed by atoms with Crippen molar-refractivity contribution < 1.29 is 22.8 Å². The van der Waals surface area contributed by atoms with Gasteiger partial charge in [-0.2, -0.15) is 13.2 Å². The SMILES string of the molecule is Cl.NCC(=O)NCC(=O)NC1(c2cccc(C(F)(F)F)c2)CCC1. The summed E-state index contributed by atoms with van der Waals surface area (Å²) >= 11 is 0. The van der Waals surface area contributed by atoms with Crippen molar-refractivity contribution in [1.29, 1.82) is 0 Å². The van der Waals surface area contributed by atoms with Gasteiger partial charge in [0.2, 0.25) is 11.8 Å². The van der Waals surface area contributed by atoms with Gasteiger partial charge in [0.1, 0.15) is 0 Å². The quantitative estimate of drug-likeness (QED) is 0.742. The summed E-state index contributed by atoms with van der Waals surface area (Å²) in [7, 11) is 0. The number of halogens is 4. The van der Waals surface area contributed by atoms with Crippen LogP contribution < -0.4 is 16.4 Å². The van der Waals surface area contributed by atoms with Crippen LogP contribution in [0.2, 0.25) is 0 Å². The van der Waals surface area contributed by atoms with Gasteiger partial charge in [-0.25, -0.2) is 0 Å². The van der Waals surface area contributed by atoms with E-state index in [2.05, 4.69) is 10.6 Å². The van der Waals surface area contributed by atoms with E-state index in [1.165, 1.54) is 6.07 Å². The van der Waals surface area contributed by atoms with Crippen LogP contribution in [0.3, 0.4) is 0 Å². The zero-order valence-electron chi connectivity index (χ0n) is 12.8. The maximum atomic E-state index is 12.8. The maximum absolute atomic E-state index is 12.8. The summed E-state index contributed by atoms with van der Waals surface area (Å²) in [5.74, 6) is -0.925. The van der Waals surface area contributed by atoms with Crippen LogP contribution in [0.15, 0.2) is 24.3 Å². The molecular formula is C15H19ClF3N3O2. The molecule has 1 aliphatic rings. The minimum absolute atomic E-state index is 0. The largest absolute Gasteiger partial charge is 0.416 e. The molecule has 0 heterocycles. The third kappa shape index (κ3) is 4.61. The normalized spacial score (nSPS) is 15.7. The van der Waals surface area contributed by atoms with E-state index in [9.17, 15) is 22.8 Å². The zero-order chi connectivity index (χ0) is 17.1. The second-order valence-electron chi connectivity index (χ2n) is 5.54. The van der Waals surface area contributed by atoms with Crippen LogP contribution in [0.4, 0.5) is 13.2 Å². The minimum Gasteiger partial charge on any atom is -0.346 e. The molecule has 0 spiro atoms. The van der Waals surface area contributed by atoms with Gasteiger partial charge in [0.25, 0.3) is 0 Å². The molecule has 0 saturated heterocycles. The number of hydrogen-bond donors (Lipinski definition) is 3. The van der Waals surface area contributed by atoms with E-state index < -0.39 is 29.1 Å². The van der Waals surface area contributed by atoms with E-state index in [1.807, 2.05) is 0 Å². The van der Waals surface area contributed by atoms with E-state index in [0.717, 1.165) is 18.6 Å². The van der Waals surface area contributed by atoms with Crippen molar-refractivity contribution in [2.24, 2.45) is 5.73 Å². The van der Waals surface area contributed by atoms with Crippen molar-refractivity contribution in [3.05, 3.63) is 35.4 Å². The summed E-state index contributed by atoms with van der Waals surface area (Å²) in [6.45, 7) is -0.483. The average Bonchev–Trinajstić information content (AvgIpc) is 2.47. The molecule has 1 aromatic carbocycles. The third-order valence-corrected chi connectivity index (χ3v) is 3.96. The Kier molecular flexibility index (Phi) is 6.62. The number of alkyl halides is 3.